The highest BCUT2D eigenvalue weighted by Crippen LogP contribution is 2.37. The van der Waals surface area contributed by atoms with E-state index in [0.717, 1.165) is 26.9 Å². The molecule has 7 heteroatoms. The highest BCUT2D eigenvalue weighted by atomic mass is 35.5. The first kappa shape index (κ1) is 20.1. The summed E-state index contributed by atoms with van der Waals surface area (Å²) < 4.78 is 0.856. The highest BCUT2D eigenvalue weighted by Gasteiger charge is 2.14. The van der Waals surface area contributed by atoms with Gasteiger partial charge in [-0.1, -0.05) is 60.1 Å². The van der Waals surface area contributed by atoms with Crippen molar-refractivity contribution in [2.75, 3.05) is 0 Å². The number of amides is 1. The Bertz CT molecular complexity index is 1240. The first-order valence-corrected chi connectivity index (χ1v) is 10.4. The van der Waals surface area contributed by atoms with Crippen molar-refractivity contribution in [1.29, 1.82) is 0 Å². The molecule has 0 aliphatic rings. The summed E-state index contributed by atoms with van der Waals surface area (Å²) in [5, 5.41) is 13.2. The van der Waals surface area contributed by atoms with Crippen LogP contribution < -0.4 is 5.32 Å². The lowest BCUT2D eigenvalue weighted by Crippen LogP contribution is -2.24. The fourth-order valence-corrected chi connectivity index (χ4v) is 4.52. The minimum Gasteiger partial charge on any atom is -0.478 e. The Labute approximate surface area is 182 Å². The van der Waals surface area contributed by atoms with Gasteiger partial charge in [0.1, 0.15) is 5.01 Å². The van der Waals surface area contributed by atoms with Crippen LogP contribution in [0, 0.1) is 0 Å². The minimum atomic E-state index is -0.996. The number of nitrogens with zero attached hydrogens (tertiary/aromatic N) is 1. The predicted molar refractivity (Wildman–Crippen MR) is 119 cm³/mol. The lowest BCUT2D eigenvalue weighted by molar-refractivity contribution is -0.120. The quantitative estimate of drug-likeness (QED) is 0.436. The number of halogens is 1. The zero-order valence-corrected chi connectivity index (χ0v) is 17.3. The standard InChI is InChI=1S/C23H17ClN2O3S/c24-21-17(15-6-2-1-3-7-15)9-10-18-22(21)30-20(26-18)12-19(27)25-13-14-5-4-8-16(11-14)23(28)29/h1-11H,12-13H2,(H,25,27)(H,28,29). The molecular formula is C23H17ClN2O3S. The molecule has 0 saturated carbocycles. The van der Waals surface area contributed by atoms with E-state index in [9.17, 15) is 9.59 Å². The maximum Gasteiger partial charge on any atom is 0.335 e. The normalized spacial score (nSPS) is 10.8. The number of aromatic carboxylic acids is 1. The number of carbonyl (C=O) groups excluding carboxylic acids is 1. The van der Waals surface area contributed by atoms with E-state index in [0.29, 0.717) is 10.0 Å². The van der Waals surface area contributed by atoms with E-state index in [-0.39, 0.29) is 24.4 Å². The van der Waals surface area contributed by atoms with E-state index in [1.165, 1.54) is 17.4 Å². The van der Waals surface area contributed by atoms with Gasteiger partial charge >= 0.3 is 5.97 Å². The van der Waals surface area contributed by atoms with Crippen LogP contribution in [-0.4, -0.2) is 22.0 Å². The molecule has 4 aromatic rings. The average molecular weight is 437 g/mol. The summed E-state index contributed by atoms with van der Waals surface area (Å²) in [6.07, 6.45) is 0.134. The molecule has 3 aromatic carbocycles. The Morgan fingerprint density at radius 1 is 1.03 bits per heavy atom. The number of aromatic nitrogens is 1. The van der Waals surface area contributed by atoms with E-state index in [1.54, 1.807) is 18.2 Å². The molecule has 0 spiro atoms. The summed E-state index contributed by atoms with van der Waals surface area (Å²) >= 11 is 8.04. The van der Waals surface area contributed by atoms with Crippen molar-refractivity contribution < 1.29 is 14.7 Å². The Balaban J connectivity index is 1.47. The van der Waals surface area contributed by atoms with Gasteiger partial charge in [0.25, 0.3) is 0 Å². The van der Waals surface area contributed by atoms with Gasteiger partial charge in [-0.2, -0.15) is 0 Å². The second-order valence-electron chi connectivity index (χ2n) is 6.71. The second kappa shape index (κ2) is 8.65. The van der Waals surface area contributed by atoms with Gasteiger partial charge in [0.15, 0.2) is 0 Å². The molecule has 5 nitrogen and oxygen atoms in total. The van der Waals surface area contributed by atoms with Crippen LogP contribution in [0.4, 0.5) is 0 Å². The maximum atomic E-state index is 12.4. The Hall–Kier alpha value is -3.22. The topological polar surface area (TPSA) is 79.3 Å². The first-order valence-electron chi connectivity index (χ1n) is 9.23. The van der Waals surface area contributed by atoms with E-state index < -0.39 is 5.97 Å². The number of carboxylic acid groups (broad SMARTS) is 1. The number of nitrogens with one attached hydrogen (secondary N) is 1. The third kappa shape index (κ3) is 4.35. The number of hydrogen-bond acceptors (Lipinski definition) is 4. The van der Waals surface area contributed by atoms with Gasteiger partial charge in [-0.25, -0.2) is 9.78 Å². The summed E-state index contributed by atoms with van der Waals surface area (Å²) in [6, 6.07) is 20.2. The molecule has 4 rings (SSSR count). The molecule has 0 fully saturated rings. The number of fused-ring (bicyclic) bond motifs is 1. The van der Waals surface area contributed by atoms with Crippen LogP contribution in [0.15, 0.2) is 66.7 Å². The molecule has 0 unspecified atom stereocenters. The lowest BCUT2D eigenvalue weighted by Gasteiger charge is -2.05. The van der Waals surface area contributed by atoms with Gasteiger partial charge in [-0.05, 0) is 29.3 Å². The highest BCUT2D eigenvalue weighted by molar-refractivity contribution is 7.19. The molecule has 0 bridgehead atoms. The van der Waals surface area contributed by atoms with Gasteiger partial charge in [-0.3, -0.25) is 4.79 Å². The summed E-state index contributed by atoms with van der Waals surface area (Å²) in [7, 11) is 0. The Kier molecular flexibility index (Phi) is 5.79. The number of carboxylic acids is 1. The maximum absolute atomic E-state index is 12.4. The molecule has 1 aromatic heterocycles. The number of carbonyl (C=O) groups is 2. The SMILES string of the molecule is O=C(Cc1nc2ccc(-c3ccccc3)c(Cl)c2s1)NCc1cccc(C(=O)O)c1. The average Bonchev–Trinajstić information content (AvgIpc) is 3.17. The fourth-order valence-electron chi connectivity index (χ4n) is 3.14. The van der Waals surface area contributed by atoms with Crippen molar-refractivity contribution >= 4 is 45.0 Å². The van der Waals surface area contributed by atoms with Crippen LogP contribution in [0.3, 0.4) is 0 Å². The van der Waals surface area contributed by atoms with Crippen LogP contribution in [0.2, 0.25) is 5.02 Å². The number of rotatable bonds is 6. The van der Waals surface area contributed by atoms with Crippen molar-refractivity contribution in [1.82, 2.24) is 10.3 Å². The van der Waals surface area contributed by atoms with E-state index in [2.05, 4.69) is 10.3 Å². The molecule has 2 N–H and O–H groups in total. The minimum absolute atomic E-state index is 0.134. The smallest absolute Gasteiger partial charge is 0.335 e. The summed E-state index contributed by atoms with van der Waals surface area (Å²) in [4.78, 5) is 28.0. The fraction of sp³-hybridized carbons (Fsp3) is 0.0870. The summed E-state index contributed by atoms with van der Waals surface area (Å²) in [6.45, 7) is 0.254. The molecular weight excluding hydrogens is 420 g/mol. The van der Waals surface area contributed by atoms with Crippen molar-refractivity contribution in [2.45, 2.75) is 13.0 Å². The monoisotopic (exact) mass is 436 g/mol. The van der Waals surface area contributed by atoms with Gasteiger partial charge in [-0.15, -0.1) is 11.3 Å². The van der Waals surface area contributed by atoms with Gasteiger partial charge in [0, 0.05) is 12.1 Å². The third-order valence-corrected chi connectivity index (χ3v) is 6.19. The van der Waals surface area contributed by atoms with Crippen LogP contribution in [0.5, 0.6) is 0 Å². The zero-order valence-electron chi connectivity index (χ0n) is 15.8. The molecule has 0 aliphatic carbocycles. The predicted octanol–water partition coefficient (Wildman–Crippen LogP) is 5.17. The summed E-state index contributed by atoms with van der Waals surface area (Å²) in [5.74, 6) is -1.18. The molecule has 1 heterocycles. The van der Waals surface area contributed by atoms with Crippen LogP contribution in [0.1, 0.15) is 20.9 Å². The van der Waals surface area contributed by atoms with Crippen molar-refractivity contribution in [3.05, 3.63) is 87.9 Å². The third-order valence-electron chi connectivity index (χ3n) is 4.60. The van der Waals surface area contributed by atoms with E-state index in [1.807, 2.05) is 42.5 Å². The Morgan fingerprint density at radius 3 is 2.60 bits per heavy atom. The number of thiazole rings is 1. The van der Waals surface area contributed by atoms with Crippen molar-refractivity contribution in [3.8, 4) is 11.1 Å². The molecule has 0 aliphatic heterocycles. The molecule has 30 heavy (non-hydrogen) atoms. The molecule has 0 radical (unpaired) electrons. The van der Waals surface area contributed by atoms with Gasteiger partial charge < -0.3 is 10.4 Å². The van der Waals surface area contributed by atoms with Crippen molar-refractivity contribution in [2.24, 2.45) is 0 Å². The Morgan fingerprint density at radius 2 is 1.83 bits per heavy atom. The van der Waals surface area contributed by atoms with Gasteiger partial charge in [0.2, 0.25) is 5.91 Å². The number of benzene rings is 3. The lowest BCUT2D eigenvalue weighted by atomic mass is 10.1. The van der Waals surface area contributed by atoms with Crippen molar-refractivity contribution in [3.63, 3.8) is 0 Å². The number of hydrogen-bond donors (Lipinski definition) is 2. The zero-order chi connectivity index (χ0) is 21.1. The largest absolute Gasteiger partial charge is 0.478 e. The van der Waals surface area contributed by atoms with Crippen LogP contribution >= 0.6 is 22.9 Å². The van der Waals surface area contributed by atoms with E-state index >= 15 is 0 Å². The molecule has 1 amide bonds. The van der Waals surface area contributed by atoms with Crippen LogP contribution in [0.25, 0.3) is 21.3 Å². The van der Waals surface area contributed by atoms with E-state index in [4.69, 9.17) is 16.7 Å². The molecule has 150 valence electrons. The summed E-state index contributed by atoms with van der Waals surface area (Å²) in [5.41, 5.74) is 3.64. The van der Waals surface area contributed by atoms with Crippen LogP contribution in [-0.2, 0) is 17.8 Å². The second-order valence-corrected chi connectivity index (χ2v) is 8.17. The molecule has 0 atom stereocenters. The molecule has 0 saturated heterocycles. The first-order chi connectivity index (χ1) is 14.5. The van der Waals surface area contributed by atoms with Gasteiger partial charge in [0.05, 0.1) is 27.2 Å².